The van der Waals surface area contributed by atoms with Crippen LogP contribution in [-0.2, 0) is 9.53 Å². The van der Waals surface area contributed by atoms with Gasteiger partial charge in [-0.1, -0.05) is 13.8 Å². The van der Waals surface area contributed by atoms with E-state index < -0.39 is 12.0 Å². The van der Waals surface area contributed by atoms with Crippen LogP contribution in [0.1, 0.15) is 26.7 Å². The molecule has 6 heteroatoms. The minimum atomic E-state index is -1.10. The highest BCUT2D eigenvalue weighted by atomic mass is 16.5. The normalized spacial score (nSPS) is 12.3. The molecule has 0 saturated heterocycles. The van der Waals surface area contributed by atoms with E-state index in [0.717, 1.165) is 12.8 Å². The Bertz CT molecular complexity index is 254. The van der Waals surface area contributed by atoms with E-state index in [1.807, 2.05) is 13.8 Å². The minimum Gasteiger partial charge on any atom is -0.480 e. The van der Waals surface area contributed by atoms with Gasteiger partial charge in [0, 0.05) is 20.2 Å². The summed E-state index contributed by atoms with van der Waals surface area (Å²) in [5.74, 6) is -1.10. The molecule has 0 fully saturated rings. The molecular formula is C11H22N2O4. The van der Waals surface area contributed by atoms with E-state index >= 15 is 0 Å². The first-order valence-electron chi connectivity index (χ1n) is 5.72. The van der Waals surface area contributed by atoms with Crippen LogP contribution in [0.3, 0.4) is 0 Å². The lowest BCUT2D eigenvalue weighted by atomic mass is 10.1. The molecular weight excluding hydrogens is 224 g/mol. The summed E-state index contributed by atoms with van der Waals surface area (Å²) in [5.41, 5.74) is 0. The summed E-state index contributed by atoms with van der Waals surface area (Å²) in [7, 11) is 3.06. The molecule has 0 radical (unpaired) electrons. The molecule has 0 aliphatic carbocycles. The molecule has 1 atom stereocenters. The number of carbonyl (C=O) groups excluding carboxylic acids is 1. The van der Waals surface area contributed by atoms with Gasteiger partial charge in [-0.3, -0.25) is 0 Å². The second kappa shape index (κ2) is 7.89. The van der Waals surface area contributed by atoms with Gasteiger partial charge < -0.3 is 20.1 Å². The van der Waals surface area contributed by atoms with Crippen LogP contribution < -0.4 is 5.32 Å². The number of nitrogens with one attached hydrogen (secondary N) is 1. The number of methoxy groups -OCH3 is 1. The van der Waals surface area contributed by atoms with Crippen molar-refractivity contribution in [3.63, 3.8) is 0 Å². The zero-order valence-electron chi connectivity index (χ0n) is 10.9. The largest absolute Gasteiger partial charge is 0.480 e. The number of hydrogen-bond donors (Lipinski definition) is 2. The van der Waals surface area contributed by atoms with Crippen molar-refractivity contribution in [2.75, 3.05) is 20.8 Å². The lowest BCUT2D eigenvalue weighted by molar-refractivity contribution is -0.140. The number of nitrogens with zero attached hydrogens (tertiary/aromatic N) is 1. The summed E-state index contributed by atoms with van der Waals surface area (Å²) in [6, 6.07) is -1.28. The van der Waals surface area contributed by atoms with Crippen LogP contribution in [0.15, 0.2) is 0 Å². The fourth-order valence-electron chi connectivity index (χ4n) is 1.59. The average molecular weight is 246 g/mol. The fraction of sp³-hybridized carbons (Fsp3) is 0.818. The summed E-state index contributed by atoms with van der Waals surface area (Å²) >= 11 is 0. The Morgan fingerprint density at radius 3 is 2.24 bits per heavy atom. The molecule has 17 heavy (non-hydrogen) atoms. The molecule has 100 valence electrons. The fourth-order valence-corrected chi connectivity index (χ4v) is 1.59. The molecule has 0 spiro atoms. The van der Waals surface area contributed by atoms with E-state index in [2.05, 4.69) is 5.32 Å². The minimum absolute atomic E-state index is 0.0438. The molecule has 1 unspecified atom stereocenters. The molecule has 2 N–H and O–H groups in total. The highest BCUT2D eigenvalue weighted by molar-refractivity contribution is 5.82. The predicted octanol–water partition coefficient (Wildman–Crippen LogP) is 0.916. The zero-order chi connectivity index (χ0) is 13.4. The molecule has 0 rings (SSSR count). The quantitative estimate of drug-likeness (QED) is 0.700. The Hall–Kier alpha value is -1.30. The zero-order valence-corrected chi connectivity index (χ0v) is 10.9. The van der Waals surface area contributed by atoms with Crippen molar-refractivity contribution >= 4 is 12.0 Å². The molecule has 2 amide bonds. The van der Waals surface area contributed by atoms with Crippen molar-refractivity contribution in [3.05, 3.63) is 0 Å². The number of carboxylic acid groups (broad SMARTS) is 1. The average Bonchev–Trinajstić information content (AvgIpc) is 2.29. The van der Waals surface area contributed by atoms with Crippen LogP contribution in [-0.4, -0.2) is 54.9 Å². The maximum Gasteiger partial charge on any atom is 0.328 e. The van der Waals surface area contributed by atoms with E-state index in [4.69, 9.17) is 9.84 Å². The second-order valence-corrected chi connectivity index (χ2v) is 3.88. The van der Waals surface area contributed by atoms with Crippen molar-refractivity contribution < 1.29 is 19.4 Å². The van der Waals surface area contributed by atoms with Gasteiger partial charge in [-0.25, -0.2) is 9.59 Å². The molecule has 0 aliphatic rings. The van der Waals surface area contributed by atoms with Gasteiger partial charge in [0.2, 0.25) is 0 Å². The van der Waals surface area contributed by atoms with Crippen molar-refractivity contribution in [1.82, 2.24) is 10.2 Å². The molecule has 0 aromatic carbocycles. The Balaban J connectivity index is 4.44. The Kier molecular flexibility index (Phi) is 7.29. The van der Waals surface area contributed by atoms with E-state index in [1.54, 1.807) is 7.05 Å². The Labute approximate surface area is 102 Å². The first-order valence-corrected chi connectivity index (χ1v) is 5.72. The van der Waals surface area contributed by atoms with E-state index in [1.165, 1.54) is 12.0 Å². The number of ether oxygens (including phenoxy) is 1. The molecule has 6 nitrogen and oxygen atoms in total. The van der Waals surface area contributed by atoms with Crippen LogP contribution in [0.2, 0.25) is 0 Å². The van der Waals surface area contributed by atoms with Gasteiger partial charge in [-0.05, 0) is 12.8 Å². The number of amides is 2. The summed E-state index contributed by atoms with van der Waals surface area (Å²) in [6.07, 6.45) is 1.67. The molecule has 0 heterocycles. The number of aliphatic carboxylic acids is 1. The summed E-state index contributed by atoms with van der Waals surface area (Å²) in [5, 5.41) is 11.3. The Morgan fingerprint density at radius 2 is 1.88 bits per heavy atom. The maximum atomic E-state index is 11.8. The number of carboxylic acids is 1. The predicted molar refractivity (Wildman–Crippen MR) is 64.0 cm³/mol. The van der Waals surface area contributed by atoms with Gasteiger partial charge >= 0.3 is 12.0 Å². The second-order valence-electron chi connectivity index (χ2n) is 3.88. The van der Waals surface area contributed by atoms with Crippen LogP contribution >= 0.6 is 0 Å². The van der Waals surface area contributed by atoms with Crippen molar-refractivity contribution in [2.24, 2.45) is 0 Å². The van der Waals surface area contributed by atoms with Crippen LogP contribution in [0.25, 0.3) is 0 Å². The van der Waals surface area contributed by atoms with E-state index in [0.29, 0.717) is 0 Å². The van der Waals surface area contributed by atoms with Gasteiger partial charge in [0.25, 0.3) is 0 Å². The summed E-state index contributed by atoms with van der Waals surface area (Å²) < 4.78 is 4.74. The van der Waals surface area contributed by atoms with Gasteiger partial charge in [0.05, 0.1) is 6.61 Å². The monoisotopic (exact) mass is 246 g/mol. The highest BCUT2D eigenvalue weighted by Crippen LogP contribution is 2.06. The van der Waals surface area contributed by atoms with Crippen molar-refractivity contribution in [3.8, 4) is 0 Å². The number of rotatable bonds is 7. The first kappa shape index (κ1) is 15.7. The SMILES string of the molecule is CCC(CC)N(C)C(=O)NC(COC)C(=O)O. The van der Waals surface area contributed by atoms with Crippen LogP contribution in [0.4, 0.5) is 4.79 Å². The Morgan fingerprint density at radius 1 is 1.35 bits per heavy atom. The third-order valence-corrected chi connectivity index (χ3v) is 2.74. The molecule has 0 aromatic rings. The third kappa shape index (κ3) is 5.04. The van der Waals surface area contributed by atoms with Gasteiger partial charge in [0.1, 0.15) is 0 Å². The van der Waals surface area contributed by atoms with Crippen molar-refractivity contribution in [2.45, 2.75) is 38.8 Å². The molecule has 0 aliphatic heterocycles. The lowest BCUT2D eigenvalue weighted by Crippen LogP contribution is -2.51. The van der Waals surface area contributed by atoms with E-state index in [9.17, 15) is 9.59 Å². The molecule has 0 saturated carbocycles. The summed E-state index contributed by atoms with van der Waals surface area (Å²) in [6.45, 7) is 3.93. The van der Waals surface area contributed by atoms with Gasteiger partial charge in [-0.15, -0.1) is 0 Å². The standard InChI is InChI=1S/C11H22N2O4/c1-5-8(6-2)13(3)11(16)12-9(7-17-4)10(14)15/h8-9H,5-7H2,1-4H3,(H,12,16)(H,14,15). The number of carbonyl (C=O) groups is 2. The van der Waals surface area contributed by atoms with Crippen LogP contribution in [0.5, 0.6) is 0 Å². The van der Waals surface area contributed by atoms with E-state index in [-0.39, 0.29) is 18.7 Å². The number of urea groups is 1. The first-order chi connectivity index (χ1) is 7.97. The van der Waals surface area contributed by atoms with Gasteiger partial charge in [-0.2, -0.15) is 0 Å². The summed E-state index contributed by atoms with van der Waals surface area (Å²) in [4.78, 5) is 24.2. The smallest absolute Gasteiger partial charge is 0.328 e. The molecule has 0 bridgehead atoms. The lowest BCUT2D eigenvalue weighted by Gasteiger charge is -2.27. The topological polar surface area (TPSA) is 78.9 Å². The van der Waals surface area contributed by atoms with Gasteiger partial charge in [0.15, 0.2) is 6.04 Å². The highest BCUT2D eigenvalue weighted by Gasteiger charge is 2.23. The molecule has 0 aromatic heterocycles. The van der Waals surface area contributed by atoms with Crippen molar-refractivity contribution in [1.29, 1.82) is 0 Å². The van der Waals surface area contributed by atoms with Crippen LogP contribution in [0, 0.1) is 0 Å². The maximum absolute atomic E-state index is 11.8. The third-order valence-electron chi connectivity index (χ3n) is 2.74. The number of hydrogen-bond acceptors (Lipinski definition) is 3.